The van der Waals surface area contributed by atoms with E-state index < -0.39 is 41.0 Å². The van der Waals surface area contributed by atoms with Crippen LogP contribution in [0, 0.1) is 5.41 Å². The third kappa shape index (κ3) is 8.38. The zero-order valence-electron chi connectivity index (χ0n) is 33.3. The number of esters is 1. The zero-order valence-corrected chi connectivity index (χ0v) is 33.3. The van der Waals surface area contributed by atoms with E-state index in [0.717, 1.165) is 50.1 Å². The average molecular weight is 752 g/mol. The van der Waals surface area contributed by atoms with Gasteiger partial charge in [-0.05, 0) is 100 Å². The van der Waals surface area contributed by atoms with Crippen molar-refractivity contribution in [1.29, 1.82) is 0 Å². The minimum absolute atomic E-state index is 0.0678. The Morgan fingerprint density at radius 1 is 1.16 bits per heavy atom. The Labute approximate surface area is 323 Å². The summed E-state index contributed by atoms with van der Waals surface area (Å²) in [5, 5.41) is 5.32. The predicted molar refractivity (Wildman–Crippen MR) is 213 cm³/mol. The first-order valence-corrected chi connectivity index (χ1v) is 19.3. The number of methoxy groups -OCH3 is 1. The summed E-state index contributed by atoms with van der Waals surface area (Å²) in [5.41, 5.74) is 8.47. The van der Waals surface area contributed by atoms with Crippen molar-refractivity contribution in [1.82, 2.24) is 25.3 Å². The molecule has 6 bridgehead atoms. The Bertz CT molecular complexity index is 2110. The lowest BCUT2D eigenvalue weighted by Gasteiger charge is -2.36. The summed E-state index contributed by atoms with van der Waals surface area (Å²) >= 11 is 0. The molecule has 292 valence electrons. The fraction of sp³-hybridized carbons (Fsp3) is 0.455. The van der Waals surface area contributed by atoms with Gasteiger partial charge < -0.3 is 19.4 Å². The van der Waals surface area contributed by atoms with Gasteiger partial charge in [-0.1, -0.05) is 50.3 Å². The third-order valence-electron chi connectivity index (χ3n) is 10.8. The number of alkyl halides is 1. The number of hydrazine groups is 1. The summed E-state index contributed by atoms with van der Waals surface area (Å²) in [6.45, 7) is 13.8. The number of allylic oxidation sites excluding steroid dienone is 1. The summed E-state index contributed by atoms with van der Waals surface area (Å²) in [6, 6.07) is 16.7. The van der Waals surface area contributed by atoms with Gasteiger partial charge in [0.25, 0.3) is 11.8 Å². The smallest absolute Gasteiger partial charge is 0.324 e. The monoisotopic (exact) mass is 751 g/mol. The summed E-state index contributed by atoms with van der Waals surface area (Å²) in [4.78, 5) is 46.2. The maximum Gasteiger partial charge on any atom is 0.324 e. The first-order chi connectivity index (χ1) is 26.1. The number of fused-ring (bicyclic) bond motifs is 6. The van der Waals surface area contributed by atoms with Crippen molar-refractivity contribution in [3.8, 4) is 22.4 Å². The quantitative estimate of drug-likeness (QED) is 0.149. The minimum atomic E-state index is -1.92. The van der Waals surface area contributed by atoms with Crippen molar-refractivity contribution in [3.05, 3.63) is 89.3 Å². The lowest BCUT2D eigenvalue weighted by Crippen LogP contribution is -2.60. The molecule has 0 aliphatic carbocycles. The van der Waals surface area contributed by atoms with E-state index in [-0.39, 0.29) is 24.7 Å². The van der Waals surface area contributed by atoms with Gasteiger partial charge in [0, 0.05) is 60.3 Å². The van der Waals surface area contributed by atoms with Crippen LogP contribution >= 0.6 is 0 Å². The number of halogens is 1. The van der Waals surface area contributed by atoms with E-state index in [1.54, 1.807) is 20.2 Å². The molecule has 2 aromatic carbocycles. The van der Waals surface area contributed by atoms with Crippen LogP contribution in [0.2, 0.25) is 0 Å². The van der Waals surface area contributed by atoms with Gasteiger partial charge in [0.1, 0.15) is 17.8 Å². The Morgan fingerprint density at radius 3 is 2.64 bits per heavy atom. The first-order valence-electron chi connectivity index (χ1n) is 19.3. The number of hydrogen-bond acceptors (Lipinski definition) is 7. The second-order valence-corrected chi connectivity index (χ2v) is 16.0. The lowest BCUT2D eigenvalue weighted by atomic mass is 9.84. The highest BCUT2D eigenvalue weighted by Crippen LogP contribution is 2.42. The molecule has 0 saturated carbocycles. The number of aryl methyl sites for hydroxylation is 1. The number of nitrogens with one attached hydrogen (secondary N) is 2. The van der Waals surface area contributed by atoms with E-state index >= 15 is 4.39 Å². The third-order valence-corrected chi connectivity index (χ3v) is 10.8. The fourth-order valence-electron chi connectivity index (χ4n) is 7.97. The number of carbonyl (C=O) groups is 3. The van der Waals surface area contributed by atoms with Crippen LogP contribution in [0.1, 0.15) is 84.2 Å². The van der Waals surface area contributed by atoms with Crippen LogP contribution < -0.4 is 10.7 Å². The second-order valence-electron chi connectivity index (χ2n) is 16.0. The number of amides is 2. The van der Waals surface area contributed by atoms with Crippen LogP contribution in [-0.2, 0) is 43.2 Å². The van der Waals surface area contributed by atoms with Crippen LogP contribution in [0.3, 0.4) is 0 Å². The van der Waals surface area contributed by atoms with Gasteiger partial charge in [-0.2, -0.15) is 0 Å². The summed E-state index contributed by atoms with van der Waals surface area (Å²) in [7, 11) is 1.69. The highest BCUT2D eigenvalue weighted by Gasteiger charge is 2.37. The maximum absolute atomic E-state index is 15.1. The molecule has 2 aromatic heterocycles. The van der Waals surface area contributed by atoms with Gasteiger partial charge in [-0.15, -0.1) is 0 Å². The van der Waals surface area contributed by atoms with Crippen molar-refractivity contribution in [3.63, 3.8) is 0 Å². The van der Waals surface area contributed by atoms with Gasteiger partial charge in [0.2, 0.25) is 0 Å². The highest BCUT2D eigenvalue weighted by molar-refractivity contribution is 5.99. The van der Waals surface area contributed by atoms with Crippen LogP contribution in [0.15, 0.2) is 72.4 Å². The number of hydrogen-bond donors (Lipinski definition) is 2. The molecule has 4 aromatic rings. The van der Waals surface area contributed by atoms with E-state index in [2.05, 4.69) is 60.3 Å². The fourth-order valence-corrected chi connectivity index (χ4v) is 7.97. The highest BCUT2D eigenvalue weighted by atomic mass is 19.1. The van der Waals surface area contributed by atoms with E-state index in [0.29, 0.717) is 32.4 Å². The first kappa shape index (κ1) is 39.8. The molecule has 55 heavy (non-hydrogen) atoms. The second kappa shape index (κ2) is 16.1. The summed E-state index contributed by atoms with van der Waals surface area (Å²) < 4.78 is 29.3. The van der Waals surface area contributed by atoms with Gasteiger partial charge in [0.15, 0.2) is 0 Å². The van der Waals surface area contributed by atoms with Crippen LogP contribution in [0.4, 0.5) is 4.39 Å². The summed E-state index contributed by atoms with van der Waals surface area (Å²) in [6.07, 6.45) is 4.78. The molecule has 0 unspecified atom stereocenters. The molecule has 2 amide bonds. The van der Waals surface area contributed by atoms with Gasteiger partial charge in [-0.3, -0.25) is 24.4 Å². The largest absolute Gasteiger partial charge is 0.464 e. The summed E-state index contributed by atoms with van der Waals surface area (Å²) in [5.74, 6) is -1.52. The molecule has 4 heterocycles. The molecule has 2 aliphatic rings. The van der Waals surface area contributed by atoms with Crippen LogP contribution in [0.5, 0.6) is 0 Å². The van der Waals surface area contributed by atoms with Crippen LogP contribution in [-0.4, -0.2) is 70.4 Å². The van der Waals surface area contributed by atoms with Gasteiger partial charge in [0.05, 0.1) is 24.1 Å². The standard InChI is InChI=1S/C44H54FN5O5/c1-9-34(44(6,7)45)40(51)47-36-23-28-14-11-15-29(22-28)30-18-19-37-32(24-30)33(39(49(37)10-2)31-16-12-20-46-38(31)27(3)54-8)25-43(4,5)26-55-42(53)35-17-13-21-50(48-35)41(36)52/h9,11-12,14-16,18-20,22,24,27,35-36,48H,10,13,17,21,23,25-26H2,1-8H3,(H,47,51)/b34-9-/t27-,35-,36-/m0/s1. The molecule has 2 N–H and O–H groups in total. The Kier molecular flexibility index (Phi) is 11.6. The van der Waals surface area contributed by atoms with Crippen molar-refractivity contribution < 1.29 is 28.2 Å². The van der Waals surface area contributed by atoms with Gasteiger partial charge in [-0.25, -0.2) is 9.82 Å². The number of cyclic esters (lactones) is 1. The van der Waals surface area contributed by atoms with Crippen molar-refractivity contribution >= 4 is 28.7 Å². The lowest BCUT2D eigenvalue weighted by molar-refractivity contribution is -0.155. The van der Waals surface area contributed by atoms with E-state index in [4.69, 9.17) is 14.5 Å². The van der Waals surface area contributed by atoms with E-state index in [9.17, 15) is 14.4 Å². The molecule has 1 saturated heterocycles. The molecule has 2 aliphatic heterocycles. The Balaban J connectivity index is 1.52. The van der Waals surface area contributed by atoms with E-state index in [1.807, 2.05) is 37.3 Å². The average Bonchev–Trinajstić information content (AvgIpc) is 3.46. The number of benzene rings is 2. The number of ether oxygens (including phenoxy) is 2. The number of pyridine rings is 1. The molecule has 0 spiro atoms. The molecule has 11 heteroatoms. The normalized spacial score (nSPS) is 20.2. The molecule has 6 rings (SSSR count). The minimum Gasteiger partial charge on any atom is -0.464 e. The van der Waals surface area contributed by atoms with Crippen molar-refractivity contribution in [2.75, 3.05) is 20.3 Å². The number of nitrogens with zero attached hydrogens (tertiary/aromatic N) is 3. The molecule has 10 nitrogen and oxygen atoms in total. The van der Waals surface area contributed by atoms with Gasteiger partial charge >= 0.3 is 5.97 Å². The van der Waals surface area contributed by atoms with Crippen LogP contribution in [0.25, 0.3) is 33.3 Å². The Hall–Kier alpha value is -4.87. The molecular weight excluding hydrogens is 698 g/mol. The molecule has 0 radical (unpaired) electrons. The number of carbonyl (C=O) groups excluding carboxylic acids is 3. The number of aromatic nitrogens is 2. The van der Waals surface area contributed by atoms with Crippen molar-refractivity contribution in [2.45, 2.75) is 105 Å². The number of rotatable bonds is 7. The van der Waals surface area contributed by atoms with Crippen molar-refractivity contribution in [2.24, 2.45) is 5.41 Å². The topological polar surface area (TPSA) is 115 Å². The SMILES string of the molecule is C/C=C(/C(=O)N[C@H]1Cc2cccc(c2)-c2ccc3c(c2)c(c(-c2cccnc2[C@H](C)OC)n3CC)CC(C)(C)COC(=O)[C@@H]2CCCN(N2)C1=O)C(C)(C)F. The zero-order chi connectivity index (χ0) is 39.7. The molecule has 3 atom stereocenters. The molecular formula is C44H54FN5O5. The molecule has 1 fully saturated rings. The maximum atomic E-state index is 15.1. The Morgan fingerprint density at radius 2 is 1.93 bits per heavy atom. The predicted octanol–water partition coefficient (Wildman–Crippen LogP) is 7.44. The van der Waals surface area contributed by atoms with E-state index in [1.165, 1.54) is 24.9 Å².